The number of rotatable bonds is 7. The van der Waals surface area contributed by atoms with Gasteiger partial charge in [-0.05, 0) is 99.4 Å². The van der Waals surface area contributed by atoms with Gasteiger partial charge in [-0.3, -0.25) is 14.0 Å². The van der Waals surface area contributed by atoms with E-state index < -0.39 is 27.7 Å². The summed E-state index contributed by atoms with van der Waals surface area (Å²) < 4.78 is 38.6. The van der Waals surface area contributed by atoms with Crippen LogP contribution in [0.4, 0.5) is 5.69 Å². The first-order chi connectivity index (χ1) is 23.4. The minimum atomic E-state index is -3.70. The van der Waals surface area contributed by atoms with E-state index in [4.69, 9.17) is 9.72 Å². The van der Waals surface area contributed by atoms with Crippen LogP contribution in [0.3, 0.4) is 0 Å². The van der Waals surface area contributed by atoms with Crippen molar-refractivity contribution in [1.82, 2.24) is 19.3 Å². The van der Waals surface area contributed by atoms with Gasteiger partial charge < -0.3 is 14.4 Å². The Hall–Kier alpha value is -4.48. The summed E-state index contributed by atoms with van der Waals surface area (Å²) in [5.74, 6) is -1.11. The predicted octanol–water partition coefficient (Wildman–Crippen LogP) is 7.88. The number of carboxylic acids is 1. The number of nitrogens with zero attached hydrogens (tertiary/aromatic N) is 5. The fraction of sp³-hybridized carbons (Fsp3) is 0.410. The number of ether oxygens (including phenoxy) is 1. The summed E-state index contributed by atoms with van der Waals surface area (Å²) in [5, 5.41) is 17.0. The second kappa shape index (κ2) is 11.8. The van der Waals surface area contributed by atoms with E-state index in [1.807, 2.05) is 63.8 Å². The first kappa shape index (κ1) is 34.0. The third kappa shape index (κ3) is 5.90. The summed E-state index contributed by atoms with van der Waals surface area (Å²) in [6.45, 7) is 12.5. The molecule has 0 saturated carbocycles. The quantitative estimate of drug-likeness (QED) is 0.184. The second-order valence-corrected chi connectivity index (χ2v) is 17.5. The number of fused-ring (bicyclic) bond motifs is 1. The molecule has 5 aromatic rings. The number of hydrogen-bond donors (Lipinski definition) is 1. The molecular weight excluding hydrogens is 651 g/mol. The van der Waals surface area contributed by atoms with Crippen LogP contribution in [0.25, 0.3) is 49.9 Å². The van der Waals surface area contributed by atoms with E-state index >= 15 is 0 Å². The molecule has 1 N–H and O–H groups in total. The summed E-state index contributed by atoms with van der Waals surface area (Å²) >= 11 is 0. The van der Waals surface area contributed by atoms with Gasteiger partial charge in [-0.2, -0.15) is 5.10 Å². The summed E-state index contributed by atoms with van der Waals surface area (Å²) in [5.41, 5.74) is 8.30. The number of aliphatic carboxylic acids is 1. The van der Waals surface area contributed by atoms with E-state index in [9.17, 15) is 18.3 Å². The van der Waals surface area contributed by atoms with E-state index in [-0.39, 0.29) is 12.0 Å². The molecule has 3 aromatic heterocycles. The largest absolute Gasteiger partial charge is 0.479 e. The smallest absolute Gasteiger partial charge is 0.337 e. The van der Waals surface area contributed by atoms with E-state index in [1.165, 1.54) is 10.6 Å². The van der Waals surface area contributed by atoms with Crippen LogP contribution in [0.2, 0.25) is 0 Å². The van der Waals surface area contributed by atoms with Crippen molar-refractivity contribution in [2.75, 3.05) is 17.1 Å². The molecule has 11 heteroatoms. The van der Waals surface area contributed by atoms with Crippen LogP contribution in [-0.2, 0) is 33.1 Å². The number of sulfonamides is 1. The highest BCUT2D eigenvalue weighted by molar-refractivity contribution is 7.92. The van der Waals surface area contributed by atoms with Crippen molar-refractivity contribution < 1.29 is 23.1 Å². The van der Waals surface area contributed by atoms with Gasteiger partial charge >= 0.3 is 5.97 Å². The average molecular weight is 696 g/mol. The zero-order valence-corrected chi connectivity index (χ0v) is 30.9. The Morgan fingerprint density at radius 2 is 1.84 bits per heavy atom. The third-order valence-corrected chi connectivity index (χ3v) is 11.3. The number of allylic oxidation sites excluding steroid dienone is 2. The Balaban J connectivity index is 1.54. The van der Waals surface area contributed by atoms with Crippen molar-refractivity contribution in [3.8, 4) is 22.5 Å². The first-order valence-electron chi connectivity index (χ1n) is 17.1. The lowest BCUT2D eigenvalue weighted by atomic mass is 9.75. The van der Waals surface area contributed by atoms with E-state index in [2.05, 4.69) is 47.8 Å². The number of aryl methyl sites for hydroxylation is 1. The number of benzene rings is 2. The van der Waals surface area contributed by atoms with Gasteiger partial charge in [-0.1, -0.05) is 26.0 Å². The van der Waals surface area contributed by atoms with Crippen molar-refractivity contribution in [3.05, 3.63) is 71.6 Å². The van der Waals surface area contributed by atoms with Gasteiger partial charge in [0.25, 0.3) is 0 Å². The molecule has 1 aliphatic heterocycles. The molecule has 1 aliphatic carbocycles. The normalized spacial score (nSPS) is 17.0. The number of hydrogen-bond acceptors (Lipinski definition) is 6. The molecule has 0 fully saturated rings. The van der Waals surface area contributed by atoms with Crippen LogP contribution < -0.4 is 4.31 Å². The molecular formula is C39H45N5O5S. The van der Waals surface area contributed by atoms with Gasteiger partial charge in [0.05, 0.1) is 47.0 Å². The summed E-state index contributed by atoms with van der Waals surface area (Å²) in [6, 6.07) is 12.3. The number of pyridine rings is 1. The molecule has 0 bridgehead atoms. The minimum Gasteiger partial charge on any atom is -0.479 e. The second-order valence-electron chi connectivity index (χ2n) is 15.6. The van der Waals surface area contributed by atoms with Gasteiger partial charge in [0, 0.05) is 52.9 Å². The number of aromatic nitrogens is 4. The molecule has 10 nitrogen and oxygen atoms in total. The zero-order chi connectivity index (χ0) is 35.9. The fourth-order valence-corrected chi connectivity index (χ4v) is 8.65. The molecule has 0 spiro atoms. The van der Waals surface area contributed by atoms with E-state index in [0.717, 1.165) is 74.7 Å². The van der Waals surface area contributed by atoms with Gasteiger partial charge in [0.1, 0.15) is 0 Å². The Morgan fingerprint density at radius 1 is 1.08 bits per heavy atom. The molecule has 0 unspecified atom stereocenters. The Morgan fingerprint density at radius 3 is 2.50 bits per heavy atom. The minimum absolute atomic E-state index is 0.119. The predicted molar refractivity (Wildman–Crippen MR) is 199 cm³/mol. The van der Waals surface area contributed by atoms with Gasteiger partial charge in [-0.15, -0.1) is 0 Å². The lowest BCUT2D eigenvalue weighted by Crippen LogP contribution is -2.37. The maximum atomic E-state index is 13.4. The SMILES string of the molecule is Cc1c([C@H](OC(C)(C)C)C(=O)O)c(C2=CCC(C)(C)CC2)c2cc(-c3ccnc(-c4ccc5c(cnn5C)c4)c3)n3c2c1N(S(C)(=O)=O)CC3. The standard InChI is InChI=1S/C39H45N5O5S/c1-23-32(36(37(45)46)49-38(2,3)4)33(24-11-14-39(5,6)15-12-24)28-21-31(43-17-18-44(50(8,47)48)34(23)35(28)43)26-13-16-40-29(20-26)25-9-10-30-27(19-25)22-41-42(30)7/h9-11,13,16,19-22,36H,12,14-15,17-18H2,1-8H3,(H,45,46)/t36-/m0/s1. The topological polar surface area (TPSA) is 120 Å². The highest BCUT2D eigenvalue weighted by Crippen LogP contribution is 2.50. The van der Waals surface area contributed by atoms with Crippen LogP contribution in [0, 0.1) is 12.3 Å². The molecule has 262 valence electrons. The zero-order valence-electron chi connectivity index (χ0n) is 30.0. The highest BCUT2D eigenvalue weighted by Gasteiger charge is 2.39. The highest BCUT2D eigenvalue weighted by atomic mass is 32.2. The molecule has 2 aromatic carbocycles. The van der Waals surface area contributed by atoms with Crippen LogP contribution >= 0.6 is 0 Å². The Labute approximate surface area is 293 Å². The summed E-state index contributed by atoms with van der Waals surface area (Å²) in [6.07, 6.45) is 8.35. The van der Waals surface area contributed by atoms with E-state index in [1.54, 1.807) is 6.20 Å². The summed E-state index contributed by atoms with van der Waals surface area (Å²) in [7, 11) is -1.78. The lowest BCUT2D eigenvalue weighted by molar-refractivity contribution is -0.160. The molecule has 0 saturated heterocycles. The Kier molecular flexibility index (Phi) is 8.02. The van der Waals surface area contributed by atoms with Crippen molar-refractivity contribution >= 4 is 49.1 Å². The fourth-order valence-electron chi connectivity index (χ4n) is 7.68. The van der Waals surface area contributed by atoms with Crippen molar-refractivity contribution in [2.45, 2.75) is 79.1 Å². The van der Waals surface area contributed by atoms with Crippen molar-refractivity contribution in [3.63, 3.8) is 0 Å². The maximum absolute atomic E-state index is 13.4. The molecule has 7 rings (SSSR count). The number of carboxylic acid groups (broad SMARTS) is 1. The molecule has 50 heavy (non-hydrogen) atoms. The molecule has 2 aliphatic rings. The van der Waals surface area contributed by atoms with Crippen molar-refractivity contribution in [2.24, 2.45) is 12.5 Å². The lowest BCUT2D eigenvalue weighted by Gasteiger charge is -2.36. The van der Waals surface area contributed by atoms with Crippen LogP contribution in [0.15, 0.2) is 54.9 Å². The average Bonchev–Trinajstić information content (AvgIpc) is 3.61. The van der Waals surface area contributed by atoms with Crippen LogP contribution in [0.1, 0.15) is 76.7 Å². The first-order valence-corrected chi connectivity index (χ1v) is 18.9. The van der Waals surface area contributed by atoms with Gasteiger partial charge in [-0.25, -0.2) is 13.2 Å². The number of anilines is 1. The maximum Gasteiger partial charge on any atom is 0.337 e. The Bertz CT molecular complexity index is 2340. The van der Waals surface area contributed by atoms with Crippen LogP contribution in [0.5, 0.6) is 0 Å². The van der Waals surface area contributed by atoms with E-state index in [0.29, 0.717) is 23.4 Å². The third-order valence-electron chi connectivity index (χ3n) is 10.1. The van der Waals surface area contributed by atoms with Gasteiger partial charge in [0.2, 0.25) is 10.0 Å². The molecule has 1 atom stereocenters. The van der Waals surface area contributed by atoms with Crippen LogP contribution in [-0.4, -0.2) is 57.2 Å². The van der Waals surface area contributed by atoms with Gasteiger partial charge in [0.15, 0.2) is 6.10 Å². The summed E-state index contributed by atoms with van der Waals surface area (Å²) in [4.78, 5) is 17.9. The monoisotopic (exact) mass is 695 g/mol. The number of carbonyl (C=O) groups is 1. The van der Waals surface area contributed by atoms with Crippen molar-refractivity contribution in [1.29, 1.82) is 0 Å². The molecule has 0 amide bonds. The molecule has 0 radical (unpaired) electrons. The molecule has 4 heterocycles.